The molecule has 0 radical (unpaired) electrons. The summed E-state index contributed by atoms with van der Waals surface area (Å²) in [6.45, 7) is 5.51. The smallest absolute Gasteiger partial charge is 0.227 e. The molecule has 150 valence electrons. The van der Waals surface area contributed by atoms with Crippen molar-refractivity contribution < 1.29 is 14.3 Å². The Morgan fingerprint density at radius 1 is 1.23 bits per heavy atom. The Balaban J connectivity index is 0.00000169. The monoisotopic (exact) mass is 425 g/mol. The van der Waals surface area contributed by atoms with Crippen LogP contribution in [0, 0.1) is 5.41 Å². The van der Waals surface area contributed by atoms with Crippen molar-refractivity contribution in [2.75, 3.05) is 52.6 Å². The molecule has 1 atom stereocenters. The van der Waals surface area contributed by atoms with Crippen molar-refractivity contribution in [1.82, 2.24) is 10.2 Å². The van der Waals surface area contributed by atoms with E-state index in [0.29, 0.717) is 39.1 Å². The number of nitrogens with two attached hydrogens (primary N) is 1. The van der Waals surface area contributed by atoms with E-state index in [0.717, 1.165) is 26.3 Å². The molecule has 3 heterocycles. The molecule has 2 fully saturated rings. The van der Waals surface area contributed by atoms with Crippen LogP contribution in [-0.2, 0) is 14.3 Å². The molecular formula is C17H29Cl2N3O3S. The molecule has 1 aromatic rings. The van der Waals surface area contributed by atoms with Crippen LogP contribution in [0.5, 0.6) is 0 Å². The fourth-order valence-electron chi connectivity index (χ4n) is 3.44. The molecule has 0 spiro atoms. The Hall–Kier alpha value is -0.410. The van der Waals surface area contributed by atoms with Gasteiger partial charge in [-0.25, -0.2) is 0 Å². The minimum atomic E-state index is -0.469. The highest BCUT2D eigenvalue weighted by Gasteiger charge is 2.39. The topological polar surface area (TPSA) is 76.8 Å². The predicted octanol–water partition coefficient (Wildman–Crippen LogP) is 1.84. The van der Waals surface area contributed by atoms with Crippen molar-refractivity contribution in [3.05, 3.63) is 22.4 Å². The molecule has 0 bridgehead atoms. The lowest BCUT2D eigenvalue weighted by Crippen LogP contribution is -2.51. The van der Waals surface area contributed by atoms with E-state index >= 15 is 0 Å². The zero-order chi connectivity index (χ0) is 16.8. The Kier molecular flexibility index (Phi) is 10.4. The molecule has 1 unspecified atom stereocenters. The lowest BCUT2D eigenvalue weighted by molar-refractivity contribution is -0.136. The second-order valence-corrected chi connectivity index (χ2v) is 7.47. The van der Waals surface area contributed by atoms with E-state index in [1.165, 1.54) is 4.88 Å². The maximum absolute atomic E-state index is 12.8. The van der Waals surface area contributed by atoms with E-state index in [4.69, 9.17) is 15.2 Å². The van der Waals surface area contributed by atoms with Crippen molar-refractivity contribution in [2.45, 2.75) is 18.9 Å². The number of rotatable bonds is 6. The number of ether oxygens (including phenoxy) is 2. The fraction of sp³-hybridized carbons (Fsp3) is 0.706. The van der Waals surface area contributed by atoms with Gasteiger partial charge in [-0.2, -0.15) is 0 Å². The van der Waals surface area contributed by atoms with Gasteiger partial charge in [0.05, 0.1) is 24.7 Å². The molecule has 6 nitrogen and oxygen atoms in total. The van der Waals surface area contributed by atoms with Crippen molar-refractivity contribution >= 4 is 42.1 Å². The molecule has 0 saturated carbocycles. The quantitative estimate of drug-likeness (QED) is 0.726. The molecule has 0 aromatic carbocycles. The molecule has 26 heavy (non-hydrogen) atoms. The largest absolute Gasteiger partial charge is 0.381 e. The number of carbonyl (C=O) groups excluding carboxylic acids is 1. The molecule has 1 amide bonds. The van der Waals surface area contributed by atoms with Crippen LogP contribution in [-0.4, -0.2) is 63.4 Å². The summed E-state index contributed by atoms with van der Waals surface area (Å²) in [4.78, 5) is 16.5. The third kappa shape index (κ3) is 5.55. The summed E-state index contributed by atoms with van der Waals surface area (Å²) in [5.74, 6) is 0.0723. The minimum Gasteiger partial charge on any atom is -0.381 e. The number of nitrogens with zero attached hydrogens (tertiary/aromatic N) is 1. The third-order valence-corrected chi connectivity index (χ3v) is 6.11. The number of amides is 1. The fourth-order valence-corrected chi connectivity index (χ4v) is 4.30. The van der Waals surface area contributed by atoms with E-state index in [1.807, 2.05) is 0 Å². The van der Waals surface area contributed by atoms with Crippen molar-refractivity contribution in [1.29, 1.82) is 0 Å². The van der Waals surface area contributed by atoms with Gasteiger partial charge in [-0.15, -0.1) is 36.2 Å². The summed E-state index contributed by atoms with van der Waals surface area (Å²) in [6, 6.07) is 4.41. The van der Waals surface area contributed by atoms with Gasteiger partial charge in [0.15, 0.2) is 0 Å². The van der Waals surface area contributed by atoms with Gasteiger partial charge in [0.2, 0.25) is 5.91 Å². The number of thiophene rings is 1. The van der Waals surface area contributed by atoms with Gasteiger partial charge in [-0.1, -0.05) is 6.07 Å². The second-order valence-electron chi connectivity index (χ2n) is 6.49. The van der Waals surface area contributed by atoms with E-state index in [9.17, 15) is 4.79 Å². The molecule has 3 rings (SSSR count). The van der Waals surface area contributed by atoms with Crippen LogP contribution < -0.4 is 11.1 Å². The zero-order valence-corrected chi connectivity index (χ0v) is 17.3. The van der Waals surface area contributed by atoms with E-state index in [1.54, 1.807) is 11.3 Å². The lowest BCUT2D eigenvalue weighted by atomic mass is 9.79. The zero-order valence-electron chi connectivity index (χ0n) is 14.9. The number of halogens is 2. The highest BCUT2D eigenvalue weighted by molar-refractivity contribution is 7.10. The van der Waals surface area contributed by atoms with E-state index < -0.39 is 5.41 Å². The van der Waals surface area contributed by atoms with Gasteiger partial charge in [-0.05, 0) is 24.3 Å². The first-order valence-corrected chi connectivity index (χ1v) is 9.54. The summed E-state index contributed by atoms with van der Waals surface area (Å²) < 4.78 is 10.9. The highest BCUT2D eigenvalue weighted by Crippen LogP contribution is 2.30. The summed E-state index contributed by atoms with van der Waals surface area (Å²) in [5.41, 5.74) is 5.47. The Morgan fingerprint density at radius 3 is 2.46 bits per heavy atom. The van der Waals surface area contributed by atoms with Crippen LogP contribution in [0.2, 0.25) is 0 Å². The predicted molar refractivity (Wildman–Crippen MR) is 108 cm³/mol. The Bertz CT molecular complexity index is 521. The van der Waals surface area contributed by atoms with Crippen LogP contribution in [0.1, 0.15) is 23.8 Å². The van der Waals surface area contributed by atoms with Gasteiger partial charge in [0, 0.05) is 44.3 Å². The Morgan fingerprint density at radius 2 is 1.88 bits per heavy atom. The van der Waals surface area contributed by atoms with Crippen LogP contribution in [0.3, 0.4) is 0 Å². The molecule has 2 aliphatic rings. The SMILES string of the molecule is Cl.Cl.NCC1(C(=O)NCC(c2cccs2)N2CCOCC2)CCOCC1. The standard InChI is InChI=1S/C17H27N3O3S.2ClH/c18-13-17(3-7-22-8-4-17)16(21)19-12-14(15-2-1-11-24-15)20-5-9-23-10-6-20;;/h1-2,11,14H,3-10,12-13,18H2,(H,19,21);2*1H. The summed E-state index contributed by atoms with van der Waals surface area (Å²) in [6.07, 6.45) is 1.41. The van der Waals surface area contributed by atoms with Gasteiger partial charge in [-0.3, -0.25) is 9.69 Å². The van der Waals surface area contributed by atoms with Crippen molar-refractivity contribution in [2.24, 2.45) is 11.1 Å². The average Bonchev–Trinajstić information content (AvgIpc) is 3.17. The molecule has 3 N–H and O–H groups in total. The first kappa shape index (κ1) is 23.6. The highest BCUT2D eigenvalue weighted by atomic mass is 35.5. The lowest BCUT2D eigenvalue weighted by Gasteiger charge is -2.37. The Labute approximate surface area is 171 Å². The number of hydrogen-bond acceptors (Lipinski definition) is 6. The maximum atomic E-state index is 12.8. The first-order chi connectivity index (χ1) is 11.7. The number of morpholine rings is 1. The van der Waals surface area contributed by atoms with Gasteiger partial charge in [0.1, 0.15) is 0 Å². The van der Waals surface area contributed by atoms with Crippen LogP contribution in [0.4, 0.5) is 0 Å². The first-order valence-electron chi connectivity index (χ1n) is 8.66. The molecule has 9 heteroatoms. The summed E-state index contributed by atoms with van der Waals surface area (Å²) >= 11 is 1.74. The number of carbonyl (C=O) groups is 1. The van der Waals surface area contributed by atoms with E-state index in [2.05, 4.69) is 27.7 Å². The third-order valence-electron chi connectivity index (χ3n) is 5.14. The van der Waals surface area contributed by atoms with Crippen molar-refractivity contribution in [3.63, 3.8) is 0 Å². The van der Waals surface area contributed by atoms with Crippen molar-refractivity contribution in [3.8, 4) is 0 Å². The number of hydrogen-bond donors (Lipinski definition) is 2. The van der Waals surface area contributed by atoms with Gasteiger partial charge >= 0.3 is 0 Å². The second kappa shape index (κ2) is 11.4. The average molecular weight is 426 g/mol. The minimum absolute atomic E-state index is 0. The summed E-state index contributed by atoms with van der Waals surface area (Å²) in [5, 5.41) is 5.27. The molecule has 1 aromatic heterocycles. The molecule has 2 aliphatic heterocycles. The normalized spacial score (nSPS) is 21.1. The van der Waals surface area contributed by atoms with Crippen LogP contribution in [0.15, 0.2) is 17.5 Å². The molecular weight excluding hydrogens is 397 g/mol. The van der Waals surface area contributed by atoms with Gasteiger partial charge < -0.3 is 20.5 Å². The van der Waals surface area contributed by atoms with E-state index in [-0.39, 0.29) is 36.8 Å². The maximum Gasteiger partial charge on any atom is 0.227 e. The van der Waals surface area contributed by atoms with Crippen LogP contribution in [0.25, 0.3) is 0 Å². The summed E-state index contributed by atoms with van der Waals surface area (Å²) in [7, 11) is 0. The molecule has 2 saturated heterocycles. The van der Waals surface area contributed by atoms with Crippen LogP contribution >= 0.6 is 36.2 Å². The number of nitrogens with one attached hydrogen (secondary N) is 1. The van der Waals surface area contributed by atoms with Gasteiger partial charge in [0.25, 0.3) is 0 Å². The molecule has 0 aliphatic carbocycles.